The van der Waals surface area contributed by atoms with Crippen molar-refractivity contribution in [3.63, 3.8) is 0 Å². The molecule has 8 heteroatoms. The molecule has 0 bridgehead atoms. The lowest BCUT2D eigenvalue weighted by molar-refractivity contribution is 0.546. The highest BCUT2D eigenvalue weighted by atomic mass is 35.5. The van der Waals surface area contributed by atoms with Crippen molar-refractivity contribution in [1.82, 2.24) is 18.7 Å². The van der Waals surface area contributed by atoms with Gasteiger partial charge < -0.3 is 9.47 Å². The molecule has 0 saturated carbocycles. The summed E-state index contributed by atoms with van der Waals surface area (Å²) in [5.41, 5.74) is 2.33. The summed E-state index contributed by atoms with van der Waals surface area (Å²) in [5, 5.41) is 0.696. The highest BCUT2D eigenvalue weighted by molar-refractivity contribution is 6.31. The number of aryl methyl sites for hydroxylation is 2. The molecule has 3 heterocycles. The number of nitrogens with zero attached hydrogens (tertiary/aromatic N) is 5. The third-order valence-electron chi connectivity index (χ3n) is 5.73. The van der Waals surface area contributed by atoms with Crippen molar-refractivity contribution >= 4 is 34.4 Å². The van der Waals surface area contributed by atoms with Crippen LogP contribution in [0.15, 0.2) is 27.8 Å². The molecule has 29 heavy (non-hydrogen) atoms. The van der Waals surface area contributed by atoms with Crippen molar-refractivity contribution in [2.45, 2.75) is 52.6 Å². The molecular formula is C21H26ClN5O2. The lowest BCUT2D eigenvalue weighted by Gasteiger charge is -2.30. The third kappa shape index (κ3) is 3.17. The van der Waals surface area contributed by atoms with Crippen LogP contribution >= 0.6 is 11.6 Å². The fraction of sp³-hybridized carbons (Fsp3) is 0.476. The highest BCUT2D eigenvalue weighted by Gasteiger charge is 2.27. The average molecular weight is 416 g/mol. The van der Waals surface area contributed by atoms with Gasteiger partial charge in [-0.15, -0.1) is 0 Å². The first-order valence-electron chi connectivity index (χ1n) is 10.2. The van der Waals surface area contributed by atoms with Crippen LogP contribution in [-0.4, -0.2) is 25.2 Å². The van der Waals surface area contributed by atoms with Gasteiger partial charge in [-0.2, -0.15) is 4.98 Å². The topological polar surface area (TPSA) is 65.1 Å². The molecule has 1 aliphatic heterocycles. The van der Waals surface area contributed by atoms with Gasteiger partial charge in [0.25, 0.3) is 5.56 Å². The lowest BCUT2D eigenvalue weighted by atomic mass is 10.1. The molecule has 0 saturated heterocycles. The summed E-state index contributed by atoms with van der Waals surface area (Å²) in [4.78, 5) is 32.9. The molecule has 0 atom stereocenters. The minimum absolute atomic E-state index is 0.248. The van der Waals surface area contributed by atoms with Crippen LogP contribution in [-0.2, 0) is 20.1 Å². The van der Waals surface area contributed by atoms with Gasteiger partial charge in [-0.25, -0.2) is 4.79 Å². The minimum Gasteiger partial charge on any atom is -0.312 e. The molecule has 0 N–H and O–H groups in total. The van der Waals surface area contributed by atoms with Gasteiger partial charge in [-0.1, -0.05) is 37.4 Å². The summed E-state index contributed by atoms with van der Waals surface area (Å²) < 4.78 is 4.81. The van der Waals surface area contributed by atoms with Gasteiger partial charge in [0.2, 0.25) is 5.95 Å². The molecule has 0 spiro atoms. The molecular weight excluding hydrogens is 390 g/mol. The molecule has 4 rings (SSSR count). The van der Waals surface area contributed by atoms with Crippen molar-refractivity contribution in [2.24, 2.45) is 7.05 Å². The van der Waals surface area contributed by atoms with Crippen LogP contribution in [0.4, 0.5) is 11.6 Å². The van der Waals surface area contributed by atoms with E-state index >= 15 is 0 Å². The Morgan fingerprint density at radius 2 is 1.97 bits per heavy atom. The fourth-order valence-electron chi connectivity index (χ4n) is 4.10. The molecule has 1 aliphatic rings. The molecule has 0 radical (unpaired) electrons. The first-order valence-corrected chi connectivity index (χ1v) is 10.6. The highest BCUT2D eigenvalue weighted by Crippen LogP contribution is 2.35. The number of hydrogen-bond donors (Lipinski definition) is 0. The number of anilines is 2. The maximum atomic E-state index is 13.2. The number of benzene rings is 1. The first kappa shape index (κ1) is 19.8. The van der Waals surface area contributed by atoms with Crippen LogP contribution in [0.1, 0.15) is 38.2 Å². The average Bonchev–Trinajstić information content (AvgIpc) is 3.11. The van der Waals surface area contributed by atoms with Crippen LogP contribution in [0.2, 0.25) is 5.02 Å². The molecule has 1 aromatic carbocycles. The Morgan fingerprint density at radius 3 is 2.72 bits per heavy atom. The largest absolute Gasteiger partial charge is 0.332 e. The Kier molecular flexibility index (Phi) is 5.25. The summed E-state index contributed by atoms with van der Waals surface area (Å²) in [5.74, 6) is 0.690. The van der Waals surface area contributed by atoms with Crippen molar-refractivity contribution in [1.29, 1.82) is 0 Å². The Bertz CT molecular complexity index is 1190. The van der Waals surface area contributed by atoms with Gasteiger partial charge in [0, 0.05) is 37.4 Å². The zero-order valence-electron chi connectivity index (χ0n) is 17.1. The van der Waals surface area contributed by atoms with Crippen LogP contribution in [0.3, 0.4) is 0 Å². The number of unbranched alkanes of at least 4 members (excludes halogenated alkanes) is 2. The first-order chi connectivity index (χ1) is 14.0. The number of aromatic nitrogens is 4. The van der Waals surface area contributed by atoms with E-state index < -0.39 is 0 Å². The van der Waals surface area contributed by atoms with Crippen LogP contribution in [0.25, 0.3) is 11.2 Å². The molecule has 154 valence electrons. The summed E-state index contributed by atoms with van der Waals surface area (Å²) in [6.07, 6.45) is 3.71. The van der Waals surface area contributed by atoms with Gasteiger partial charge >= 0.3 is 5.69 Å². The fourth-order valence-corrected chi connectivity index (χ4v) is 4.27. The van der Waals surface area contributed by atoms with Crippen molar-refractivity contribution in [3.8, 4) is 0 Å². The summed E-state index contributed by atoms with van der Waals surface area (Å²) >= 11 is 6.34. The Morgan fingerprint density at radius 1 is 1.17 bits per heavy atom. The minimum atomic E-state index is -0.306. The molecule has 0 aliphatic carbocycles. The quantitative estimate of drug-likeness (QED) is 0.597. The second kappa shape index (κ2) is 7.71. The van der Waals surface area contributed by atoms with Gasteiger partial charge in [0.05, 0.1) is 0 Å². The number of halogens is 1. The molecule has 0 unspecified atom stereocenters. The number of rotatable bonds is 5. The second-order valence-corrected chi connectivity index (χ2v) is 8.04. The van der Waals surface area contributed by atoms with E-state index in [4.69, 9.17) is 16.6 Å². The molecule has 7 nitrogen and oxygen atoms in total. The van der Waals surface area contributed by atoms with Crippen molar-refractivity contribution in [3.05, 3.63) is 49.6 Å². The standard InChI is InChI=1S/C21H26ClN5O2/c1-4-5-6-11-27-19(28)17-18(24(3)21(27)29)23-20-25(12-8-13-26(17)20)16-10-7-9-15(22)14(16)2/h7,9-10H,4-6,8,11-13H2,1-3H3. The van der Waals surface area contributed by atoms with E-state index in [0.717, 1.165) is 43.5 Å². The summed E-state index contributed by atoms with van der Waals surface area (Å²) in [6.45, 7) is 6.00. The Hall–Kier alpha value is -2.54. The van der Waals surface area contributed by atoms with E-state index in [0.29, 0.717) is 35.2 Å². The van der Waals surface area contributed by atoms with Gasteiger partial charge in [-0.3, -0.25) is 13.9 Å². The molecule has 2 aromatic heterocycles. The summed E-state index contributed by atoms with van der Waals surface area (Å²) in [6, 6.07) is 5.80. The zero-order chi connectivity index (χ0) is 20.7. The maximum absolute atomic E-state index is 13.2. The molecule has 0 fully saturated rings. The SMILES string of the molecule is CCCCCn1c(=O)c2c(nc3n2CCCN3c2cccc(Cl)c2C)n(C)c1=O. The van der Waals surface area contributed by atoms with E-state index in [1.807, 2.05) is 29.7 Å². The van der Waals surface area contributed by atoms with E-state index in [1.54, 1.807) is 7.05 Å². The predicted molar refractivity (Wildman–Crippen MR) is 117 cm³/mol. The molecule has 0 amide bonds. The number of fused-ring (bicyclic) bond motifs is 3. The Balaban J connectivity index is 1.92. The zero-order valence-corrected chi connectivity index (χ0v) is 17.9. The van der Waals surface area contributed by atoms with Crippen LogP contribution in [0.5, 0.6) is 0 Å². The molecule has 3 aromatic rings. The van der Waals surface area contributed by atoms with Gasteiger partial charge in [-0.05, 0) is 37.5 Å². The number of hydrogen-bond acceptors (Lipinski definition) is 4. The van der Waals surface area contributed by atoms with E-state index in [2.05, 4.69) is 11.8 Å². The van der Waals surface area contributed by atoms with Gasteiger partial charge in [0.1, 0.15) is 0 Å². The normalized spacial score (nSPS) is 13.9. The number of imidazole rings is 1. The lowest BCUT2D eigenvalue weighted by Crippen LogP contribution is -2.40. The third-order valence-corrected chi connectivity index (χ3v) is 6.14. The Labute approximate surface area is 174 Å². The van der Waals surface area contributed by atoms with Crippen molar-refractivity contribution in [2.75, 3.05) is 11.4 Å². The smallest absolute Gasteiger partial charge is 0.312 e. The van der Waals surface area contributed by atoms with Crippen LogP contribution in [0, 0.1) is 6.92 Å². The van der Waals surface area contributed by atoms with E-state index in [9.17, 15) is 9.59 Å². The van der Waals surface area contributed by atoms with Gasteiger partial charge in [0.15, 0.2) is 11.2 Å². The van der Waals surface area contributed by atoms with E-state index in [1.165, 1.54) is 9.13 Å². The second-order valence-electron chi connectivity index (χ2n) is 7.63. The maximum Gasteiger partial charge on any atom is 0.332 e. The van der Waals surface area contributed by atoms with Crippen LogP contribution < -0.4 is 16.1 Å². The predicted octanol–water partition coefficient (Wildman–Crippen LogP) is 3.59. The monoisotopic (exact) mass is 415 g/mol. The summed E-state index contributed by atoms with van der Waals surface area (Å²) in [7, 11) is 1.69. The van der Waals surface area contributed by atoms with E-state index in [-0.39, 0.29) is 11.2 Å². The van der Waals surface area contributed by atoms with Crippen molar-refractivity contribution < 1.29 is 0 Å².